The van der Waals surface area contributed by atoms with Gasteiger partial charge in [0.25, 0.3) is 11.8 Å². The van der Waals surface area contributed by atoms with E-state index in [2.05, 4.69) is 10.5 Å². The van der Waals surface area contributed by atoms with Crippen LogP contribution in [-0.4, -0.2) is 41.6 Å². The molecule has 0 bridgehead atoms. The lowest BCUT2D eigenvalue weighted by Gasteiger charge is -2.26. The molecule has 3 aromatic rings. The average Bonchev–Trinajstić information content (AvgIpc) is 3.40. The summed E-state index contributed by atoms with van der Waals surface area (Å²) >= 11 is 1.35. The summed E-state index contributed by atoms with van der Waals surface area (Å²) < 4.78 is 11.1. The first-order chi connectivity index (χ1) is 15.5. The van der Waals surface area contributed by atoms with Crippen LogP contribution < -0.4 is 10.1 Å². The molecule has 32 heavy (non-hydrogen) atoms. The molecule has 0 radical (unpaired) electrons. The normalized spacial score (nSPS) is 13.8. The monoisotopic (exact) mass is 453 g/mol. The summed E-state index contributed by atoms with van der Waals surface area (Å²) in [5.74, 6) is 0.815. The number of amides is 2. The van der Waals surface area contributed by atoms with Gasteiger partial charge in [0, 0.05) is 30.1 Å². The molecule has 0 unspecified atom stereocenters. The molecular weight excluding hydrogens is 426 g/mol. The molecule has 3 heterocycles. The lowest BCUT2D eigenvalue weighted by molar-refractivity contribution is -0.134. The fraction of sp³-hybridized carbons (Fsp3) is 0.375. The van der Waals surface area contributed by atoms with E-state index in [-0.39, 0.29) is 18.4 Å². The van der Waals surface area contributed by atoms with Crippen LogP contribution in [0.3, 0.4) is 0 Å². The predicted octanol–water partition coefficient (Wildman–Crippen LogP) is 4.34. The van der Waals surface area contributed by atoms with Gasteiger partial charge in [0.2, 0.25) is 0 Å². The summed E-state index contributed by atoms with van der Waals surface area (Å²) in [5, 5.41) is 6.87. The predicted molar refractivity (Wildman–Crippen MR) is 123 cm³/mol. The van der Waals surface area contributed by atoms with Crippen LogP contribution in [-0.2, 0) is 11.3 Å². The smallest absolute Gasteiger partial charge is 0.265 e. The number of carbonyl (C=O) groups is 2. The van der Waals surface area contributed by atoms with Crippen molar-refractivity contribution in [3.63, 3.8) is 0 Å². The Labute approximate surface area is 191 Å². The minimum Gasteiger partial charge on any atom is -0.482 e. The molecule has 1 fully saturated rings. The van der Waals surface area contributed by atoms with Crippen LogP contribution >= 0.6 is 11.3 Å². The number of likely N-dealkylation sites (tertiary alicyclic amines) is 1. The largest absolute Gasteiger partial charge is 0.482 e. The molecule has 1 saturated heterocycles. The van der Waals surface area contributed by atoms with Gasteiger partial charge in [-0.1, -0.05) is 35.5 Å². The lowest BCUT2D eigenvalue weighted by atomic mass is 10.1. The molecule has 0 saturated carbocycles. The maximum absolute atomic E-state index is 13.0. The average molecular weight is 454 g/mol. The summed E-state index contributed by atoms with van der Waals surface area (Å²) in [6.45, 7) is 5.44. The molecular formula is C24H27N3O4S. The van der Waals surface area contributed by atoms with Gasteiger partial charge in [-0.2, -0.15) is 0 Å². The second-order valence-electron chi connectivity index (χ2n) is 7.89. The first-order valence-electron chi connectivity index (χ1n) is 10.8. The van der Waals surface area contributed by atoms with Gasteiger partial charge in [0.15, 0.2) is 6.61 Å². The Morgan fingerprint density at radius 2 is 1.91 bits per heavy atom. The topological polar surface area (TPSA) is 84.7 Å². The van der Waals surface area contributed by atoms with Crippen molar-refractivity contribution in [1.29, 1.82) is 0 Å². The summed E-state index contributed by atoms with van der Waals surface area (Å²) in [6, 6.07) is 11.7. The Bertz CT molecular complexity index is 1060. The molecule has 1 aromatic carbocycles. The number of ether oxygens (including phenoxy) is 1. The highest BCUT2D eigenvalue weighted by atomic mass is 32.1. The van der Waals surface area contributed by atoms with Gasteiger partial charge in [-0.25, -0.2) is 0 Å². The van der Waals surface area contributed by atoms with E-state index in [0.29, 0.717) is 22.9 Å². The van der Waals surface area contributed by atoms with Crippen LogP contribution in [0.5, 0.6) is 5.75 Å². The number of hydrogen-bond donors (Lipinski definition) is 1. The quantitative estimate of drug-likeness (QED) is 0.575. The van der Waals surface area contributed by atoms with Gasteiger partial charge in [0.1, 0.15) is 16.4 Å². The molecule has 2 amide bonds. The summed E-state index contributed by atoms with van der Waals surface area (Å²) in [5.41, 5.74) is 2.61. The van der Waals surface area contributed by atoms with Crippen LogP contribution in [0.2, 0.25) is 0 Å². The second-order valence-corrected chi connectivity index (χ2v) is 8.94. The standard InChI is InChI=1S/C24H27N3O4S/c1-16-19(17(2)31-26-16)14-25-24(29)23-20(13-21(32-23)18-9-5-3-6-10-18)30-15-22(28)27-11-7-4-8-12-27/h3,5-6,9-10,13H,4,7-8,11-12,14-15H2,1-2H3,(H,25,29). The molecule has 8 heteroatoms. The number of hydrogen-bond acceptors (Lipinski definition) is 6. The zero-order chi connectivity index (χ0) is 22.5. The number of nitrogens with one attached hydrogen (secondary N) is 1. The molecule has 2 aromatic heterocycles. The van der Waals surface area contributed by atoms with E-state index in [9.17, 15) is 9.59 Å². The zero-order valence-electron chi connectivity index (χ0n) is 18.3. The first kappa shape index (κ1) is 22.1. The van der Waals surface area contributed by atoms with Gasteiger partial charge in [-0.05, 0) is 44.7 Å². The van der Waals surface area contributed by atoms with Gasteiger partial charge in [-0.3, -0.25) is 9.59 Å². The van der Waals surface area contributed by atoms with E-state index in [1.807, 2.05) is 55.1 Å². The van der Waals surface area contributed by atoms with Crippen molar-refractivity contribution in [3.05, 3.63) is 58.3 Å². The number of benzene rings is 1. The third-order valence-electron chi connectivity index (χ3n) is 5.63. The van der Waals surface area contributed by atoms with Crippen molar-refractivity contribution in [1.82, 2.24) is 15.4 Å². The highest BCUT2D eigenvalue weighted by Gasteiger charge is 2.22. The Morgan fingerprint density at radius 1 is 1.16 bits per heavy atom. The van der Waals surface area contributed by atoms with Crippen molar-refractivity contribution < 1.29 is 18.8 Å². The minimum absolute atomic E-state index is 0.0424. The van der Waals surface area contributed by atoms with Crippen LogP contribution in [0.1, 0.15) is 46.0 Å². The lowest BCUT2D eigenvalue weighted by Crippen LogP contribution is -2.38. The minimum atomic E-state index is -0.252. The molecule has 0 atom stereocenters. The molecule has 7 nitrogen and oxygen atoms in total. The Balaban J connectivity index is 1.51. The third kappa shape index (κ3) is 5.02. The van der Waals surface area contributed by atoms with E-state index in [1.54, 1.807) is 0 Å². The van der Waals surface area contributed by atoms with E-state index < -0.39 is 0 Å². The van der Waals surface area contributed by atoms with Gasteiger partial charge in [-0.15, -0.1) is 11.3 Å². The number of thiophene rings is 1. The third-order valence-corrected chi connectivity index (χ3v) is 6.79. The highest BCUT2D eigenvalue weighted by molar-refractivity contribution is 7.17. The number of aryl methyl sites for hydroxylation is 2. The molecule has 1 N–H and O–H groups in total. The van der Waals surface area contributed by atoms with Crippen molar-refractivity contribution in [2.45, 2.75) is 39.7 Å². The van der Waals surface area contributed by atoms with Crippen LogP contribution in [0.4, 0.5) is 0 Å². The van der Waals surface area contributed by atoms with Gasteiger partial charge < -0.3 is 19.5 Å². The van der Waals surface area contributed by atoms with E-state index in [1.165, 1.54) is 11.3 Å². The highest BCUT2D eigenvalue weighted by Crippen LogP contribution is 2.36. The van der Waals surface area contributed by atoms with Gasteiger partial charge in [0.05, 0.1) is 5.69 Å². The number of aromatic nitrogens is 1. The zero-order valence-corrected chi connectivity index (χ0v) is 19.2. The second kappa shape index (κ2) is 9.99. The molecule has 0 aliphatic carbocycles. The Kier molecular flexibility index (Phi) is 6.90. The number of rotatable bonds is 7. The van der Waals surface area contributed by atoms with Crippen LogP contribution in [0, 0.1) is 13.8 Å². The SMILES string of the molecule is Cc1noc(C)c1CNC(=O)c1sc(-c2ccccc2)cc1OCC(=O)N1CCCCC1. The van der Waals surface area contributed by atoms with E-state index >= 15 is 0 Å². The molecule has 1 aliphatic heterocycles. The van der Waals surface area contributed by atoms with E-state index in [0.717, 1.165) is 54.0 Å². The maximum atomic E-state index is 13.0. The Hall–Kier alpha value is -3.13. The number of nitrogens with zero attached hydrogens (tertiary/aromatic N) is 2. The van der Waals surface area contributed by atoms with E-state index in [4.69, 9.17) is 9.26 Å². The molecule has 1 aliphatic rings. The Morgan fingerprint density at radius 3 is 2.59 bits per heavy atom. The summed E-state index contributed by atoms with van der Waals surface area (Å²) in [6.07, 6.45) is 3.21. The summed E-state index contributed by atoms with van der Waals surface area (Å²) in [4.78, 5) is 28.8. The number of carbonyl (C=O) groups excluding carboxylic acids is 2. The fourth-order valence-corrected chi connectivity index (χ4v) is 4.78. The molecule has 4 rings (SSSR count). The van der Waals surface area contributed by atoms with Crippen molar-refractivity contribution in [2.24, 2.45) is 0 Å². The molecule has 0 spiro atoms. The van der Waals surface area contributed by atoms with Crippen LogP contribution in [0.15, 0.2) is 40.9 Å². The van der Waals surface area contributed by atoms with Crippen LogP contribution in [0.25, 0.3) is 10.4 Å². The fourth-order valence-electron chi connectivity index (χ4n) is 3.76. The van der Waals surface area contributed by atoms with Crippen molar-refractivity contribution in [3.8, 4) is 16.2 Å². The van der Waals surface area contributed by atoms with Crippen molar-refractivity contribution in [2.75, 3.05) is 19.7 Å². The van der Waals surface area contributed by atoms with Gasteiger partial charge >= 0.3 is 0 Å². The maximum Gasteiger partial charge on any atom is 0.265 e. The number of piperidine rings is 1. The first-order valence-corrected chi connectivity index (χ1v) is 11.6. The van der Waals surface area contributed by atoms with Crippen molar-refractivity contribution >= 4 is 23.2 Å². The summed E-state index contributed by atoms with van der Waals surface area (Å²) in [7, 11) is 0. The molecule has 168 valence electrons.